The maximum atomic E-state index is 12.0. The van der Waals surface area contributed by atoms with Gasteiger partial charge in [0.25, 0.3) is 0 Å². The number of carbonyl (C=O) groups is 2. The summed E-state index contributed by atoms with van der Waals surface area (Å²) >= 11 is 0. The summed E-state index contributed by atoms with van der Waals surface area (Å²) in [4.78, 5) is 24.3. The van der Waals surface area contributed by atoms with Crippen molar-refractivity contribution in [3.05, 3.63) is 11.7 Å². The fourth-order valence-electron chi connectivity index (χ4n) is 0.800. The fraction of sp³-hybridized carbons (Fsp3) is 0.429. The lowest BCUT2D eigenvalue weighted by Gasteiger charge is -1.95. The van der Waals surface area contributed by atoms with Crippen molar-refractivity contribution < 1.29 is 27.3 Å². The maximum absolute atomic E-state index is 12.0. The number of rotatable bonds is 4. The monoisotopic (exact) mass is 237 g/mol. The number of nitrogens with two attached hydrogens (primary N) is 1. The van der Waals surface area contributed by atoms with Gasteiger partial charge < -0.3 is 10.3 Å². The SMILES string of the molecule is NC(=O)CCC(=O)c1noc(C(F)(F)F)n1. The van der Waals surface area contributed by atoms with Gasteiger partial charge in [0.2, 0.25) is 17.5 Å². The van der Waals surface area contributed by atoms with Gasteiger partial charge in [-0.2, -0.15) is 18.2 Å². The molecule has 1 rings (SSSR count). The van der Waals surface area contributed by atoms with Crippen molar-refractivity contribution in [2.24, 2.45) is 5.73 Å². The minimum Gasteiger partial charge on any atom is -0.370 e. The van der Waals surface area contributed by atoms with E-state index in [2.05, 4.69) is 14.7 Å². The van der Waals surface area contributed by atoms with Gasteiger partial charge in [-0.15, -0.1) is 0 Å². The van der Waals surface area contributed by atoms with Gasteiger partial charge in [0.1, 0.15) is 0 Å². The van der Waals surface area contributed by atoms with Gasteiger partial charge in [0.15, 0.2) is 0 Å². The number of nitrogens with zero attached hydrogens (tertiary/aromatic N) is 2. The second kappa shape index (κ2) is 4.29. The van der Waals surface area contributed by atoms with Gasteiger partial charge in [-0.05, 0) is 0 Å². The van der Waals surface area contributed by atoms with Gasteiger partial charge in [-0.1, -0.05) is 5.16 Å². The molecule has 9 heteroatoms. The topological polar surface area (TPSA) is 99.1 Å². The highest BCUT2D eigenvalue weighted by molar-refractivity contribution is 5.94. The quantitative estimate of drug-likeness (QED) is 0.770. The summed E-state index contributed by atoms with van der Waals surface area (Å²) in [7, 11) is 0. The Hall–Kier alpha value is -1.93. The van der Waals surface area contributed by atoms with Crippen LogP contribution >= 0.6 is 0 Å². The van der Waals surface area contributed by atoms with Crippen molar-refractivity contribution in [1.29, 1.82) is 0 Å². The Bertz CT molecular complexity index is 412. The molecule has 0 aliphatic heterocycles. The van der Waals surface area contributed by atoms with Crippen LogP contribution in [0.2, 0.25) is 0 Å². The first-order chi connectivity index (χ1) is 7.30. The molecule has 0 atom stereocenters. The van der Waals surface area contributed by atoms with Crippen LogP contribution in [0.25, 0.3) is 0 Å². The van der Waals surface area contributed by atoms with Crippen LogP contribution in [0, 0.1) is 0 Å². The number of hydrogen-bond acceptors (Lipinski definition) is 5. The minimum absolute atomic E-state index is 0.283. The number of hydrogen-bond donors (Lipinski definition) is 1. The third-order valence-corrected chi connectivity index (χ3v) is 1.52. The Labute approximate surface area is 86.6 Å². The maximum Gasteiger partial charge on any atom is 0.471 e. The molecule has 0 bridgehead atoms. The van der Waals surface area contributed by atoms with Gasteiger partial charge in [-0.3, -0.25) is 9.59 Å². The molecule has 0 aromatic carbocycles. The van der Waals surface area contributed by atoms with Gasteiger partial charge in [-0.25, -0.2) is 0 Å². The molecule has 0 aliphatic rings. The van der Waals surface area contributed by atoms with Gasteiger partial charge in [0.05, 0.1) is 0 Å². The van der Waals surface area contributed by atoms with Crippen LogP contribution in [0.3, 0.4) is 0 Å². The molecule has 1 amide bonds. The van der Waals surface area contributed by atoms with Crippen molar-refractivity contribution in [3.63, 3.8) is 0 Å². The first-order valence-electron chi connectivity index (χ1n) is 4.03. The van der Waals surface area contributed by atoms with E-state index in [9.17, 15) is 22.8 Å². The van der Waals surface area contributed by atoms with E-state index in [1.54, 1.807) is 0 Å². The highest BCUT2D eigenvalue weighted by atomic mass is 19.4. The molecule has 6 nitrogen and oxygen atoms in total. The molecule has 0 radical (unpaired) electrons. The standard InChI is InChI=1S/C7H6F3N3O3/c8-7(9,10)6-12-5(13-16-6)3(14)1-2-4(11)15/h1-2H2,(H2,11,15). The van der Waals surface area contributed by atoms with Crippen LogP contribution in [0.15, 0.2) is 4.52 Å². The van der Waals surface area contributed by atoms with Crippen molar-refractivity contribution >= 4 is 11.7 Å². The van der Waals surface area contributed by atoms with Crippen molar-refractivity contribution in [2.75, 3.05) is 0 Å². The van der Waals surface area contributed by atoms with Crippen LogP contribution in [-0.4, -0.2) is 21.8 Å². The average molecular weight is 237 g/mol. The summed E-state index contributed by atoms with van der Waals surface area (Å²) in [5.41, 5.74) is 4.76. The van der Waals surface area contributed by atoms with Crippen LogP contribution in [0.1, 0.15) is 29.4 Å². The first-order valence-corrected chi connectivity index (χ1v) is 4.03. The summed E-state index contributed by atoms with van der Waals surface area (Å²) in [5.74, 6) is -3.89. The Morgan fingerprint density at radius 3 is 2.38 bits per heavy atom. The van der Waals surface area contributed by atoms with E-state index in [1.807, 2.05) is 0 Å². The molecule has 88 valence electrons. The van der Waals surface area contributed by atoms with E-state index < -0.39 is 29.6 Å². The zero-order chi connectivity index (χ0) is 12.3. The smallest absolute Gasteiger partial charge is 0.370 e. The lowest BCUT2D eigenvalue weighted by Crippen LogP contribution is -2.13. The zero-order valence-corrected chi connectivity index (χ0v) is 7.74. The molecule has 0 saturated carbocycles. The van der Waals surface area contributed by atoms with Crippen molar-refractivity contribution in [3.8, 4) is 0 Å². The van der Waals surface area contributed by atoms with Crippen LogP contribution in [0.5, 0.6) is 0 Å². The zero-order valence-electron chi connectivity index (χ0n) is 7.74. The Morgan fingerprint density at radius 1 is 1.31 bits per heavy atom. The van der Waals surface area contributed by atoms with E-state index in [-0.39, 0.29) is 12.8 Å². The predicted octanol–water partition coefficient (Wildman–Crippen LogP) is 0.537. The number of primary amides is 1. The Kier molecular flexibility index (Phi) is 3.25. The first kappa shape index (κ1) is 12.1. The number of ketones is 1. The summed E-state index contributed by atoms with van der Waals surface area (Å²) < 4.78 is 39.8. The van der Waals surface area contributed by atoms with Crippen molar-refractivity contribution in [2.45, 2.75) is 19.0 Å². The average Bonchev–Trinajstić information content (AvgIpc) is 2.61. The minimum atomic E-state index is -4.80. The summed E-state index contributed by atoms with van der Waals surface area (Å²) in [5, 5.41) is 2.85. The molecule has 1 aromatic rings. The number of amides is 1. The number of alkyl halides is 3. The molecule has 1 aromatic heterocycles. The lowest BCUT2D eigenvalue weighted by molar-refractivity contribution is -0.159. The third kappa shape index (κ3) is 3.04. The van der Waals surface area contributed by atoms with E-state index in [0.717, 1.165) is 0 Å². The number of aromatic nitrogens is 2. The number of carbonyl (C=O) groups excluding carboxylic acids is 2. The molecule has 0 fully saturated rings. The molecule has 0 aliphatic carbocycles. The molecule has 0 unspecified atom stereocenters. The second-order valence-electron chi connectivity index (χ2n) is 2.81. The van der Waals surface area contributed by atoms with Crippen LogP contribution in [-0.2, 0) is 11.0 Å². The molecule has 1 heterocycles. The summed E-state index contributed by atoms with van der Waals surface area (Å²) in [6.07, 6.45) is -5.43. The van der Waals surface area contributed by atoms with Gasteiger partial charge >= 0.3 is 12.1 Å². The van der Waals surface area contributed by atoms with Gasteiger partial charge in [0, 0.05) is 12.8 Å². The molecule has 2 N–H and O–H groups in total. The number of halogens is 3. The highest BCUT2D eigenvalue weighted by Gasteiger charge is 2.39. The van der Waals surface area contributed by atoms with E-state index in [4.69, 9.17) is 5.73 Å². The lowest BCUT2D eigenvalue weighted by atomic mass is 10.2. The Balaban J connectivity index is 2.71. The molecular weight excluding hydrogens is 231 g/mol. The summed E-state index contributed by atoms with van der Waals surface area (Å²) in [6.45, 7) is 0. The predicted molar refractivity (Wildman–Crippen MR) is 42.1 cm³/mol. The fourth-order valence-corrected chi connectivity index (χ4v) is 0.800. The second-order valence-corrected chi connectivity index (χ2v) is 2.81. The van der Waals surface area contributed by atoms with E-state index >= 15 is 0 Å². The largest absolute Gasteiger partial charge is 0.471 e. The summed E-state index contributed by atoms with van der Waals surface area (Å²) in [6, 6.07) is 0. The normalized spacial score (nSPS) is 11.4. The molecular formula is C7H6F3N3O3. The van der Waals surface area contributed by atoms with Crippen LogP contribution < -0.4 is 5.73 Å². The van der Waals surface area contributed by atoms with Crippen molar-refractivity contribution in [1.82, 2.24) is 10.1 Å². The van der Waals surface area contributed by atoms with Crippen LogP contribution in [0.4, 0.5) is 13.2 Å². The molecule has 16 heavy (non-hydrogen) atoms. The molecule has 0 spiro atoms. The highest BCUT2D eigenvalue weighted by Crippen LogP contribution is 2.27. The van der Waals surface area contributed by atoms with E-state index in [0.29, 0.717) is 0 Å². The number of Topliss-reactive ketones (excluding diaryl/α,β-unsaturated/α-hetero) is 1. The molecule has 0 saturated heterocycles. The Morgan fingerprint density at radius 2 is 1.94 bits per heavy atom. The van der Waals surface area contributed by atoms with E-state index in [1.165, 1.54) is 0 Å². The third-order valence-electron chi connectivity index (χ3n) is 1.52.